The molecule has 0 aliphatic carbocycles. The summed E-state index contributed by atoms with van der Waals surface area (Å²) in [5, 5.41) is 7.53. The van der Waals surface area contributed by atoms with Crippen LogP contribution in [0.15, 0.2) is 24.3 Å². The van der Waals surface area contributed by atoms with Crippen LogP contribution in [0.3, 0.4) is 0 Å². The van der Waals surface area contributed by atoms with Crippen LogP contribution >= 0.6 is 0 Å². The Balaban J connectivity index is 1.97. The molecule has 24 heavy (non-hydrogen) atoms. The van der Waals surface area contributed by atoms with Gasteiger partial charge in [-0.25, -0.2) is 4.68 Å². The van der Waals surface area contributed by atoms with Crippen molar-refractivity contribution in [2.24, 2.45) is 0 Å². The van der Waals surface area contributed by atoms with Crippen molar-refractivity contribution in [2.45, 2.75) is 37.8 Å². The van der Waals surface area contributed by atoms with Crippen molar-refractivity contribution in [3.8, 4) is 5.75 Å². The Hall–Kier alpha value is -2.15. The van der Waals surface area contributed by atoms with Gasteiger partial charge in [-0.3, -0.25) is 9.00 Å². The lowest BCUT2D eigenvalue weighted by Gasteiger charge is -2.23. The number of benzene rings is 1. The van der Waals surface area contributed by atoms with E-state index in [9.17, 15) is 9.00 Å². The highest BCUT2D eigenvalue weighted by atomic mass is 32.2. The van der Waals surface area contributed by atoms with Gasteiger partial charge >= 0.3 is 0 Å². The topological polar surface area (TPSA) is 73.2 Å². The van der Waals surface area contributed by atoms with E-state index < -0.39 is 10.8 Å². The molecule has 1 aromatic heterocycles. The molecular formula is C17H21N3O3S. The molecule has 7 heteroatoms. The van der Waals surface area contributed by atoms with Crippen molar-refractivity contribution >= 4 is 22.5 Å². The number of fused-ring (bicyclic) bond motifs is 1. The molecule has 6 nitrogen and oxygen atoms in total. The molecule has 3 rings (SSSR count). The molecule has 1 amide bonds. The standard InChI is InChI=1S/C17H21N3O3S/c1-17(2,3)20-15(13-9-24(22)10-14(13)19-20)18-16(21)11-6-5-7-12(8-11)23-4/h5-8H,9-10H2,1-4H3,(H,18,21). The Morgan fingerprint density at radius 3 is 2.75 bits per heavy atom. The van der Waals surface area contributed by atoms with E-state index in [1.807, 2.05) is 25.5 Å². The number of nitrogens with zero attached hydrogens (tertiary/aromatic N) is 2. The molecule has 0 fully saturated rings. The lowest BCUT2D eigenvalue weighted by Crippen LogP contribution is -2.27. The van der Waals surface area contributed by atoms with Gasteiger partial charge in [-0.2, -0.15) is 5.10 Å². The Kier molecular flexibility index (Phi) is 4.21. The number of ether oxygens (including phenoxy) is 1. The first-order valence-electron chi connectivity index (χ1n) is 7.71. The molecule has 2 heterocycles. The van der Waals surface area contributed by atoms with Crippen LogP contribution in [0.25, 0.3) is 0 Å². The minimum atomic E-state index is -0.945. The van der Waals surface area contributed by atoms with Gasteiger partial charge in [0.05, 0.1) is 29.8 Å². The van der Waals surface area contributed by atoms with Crippen molar-refractivity contribution in [2.75, 3.05) is 12.4 Å². The van der Waals surface area contributed by atoms with Gasteiger partial charge in [-0.05, 0) is 39.0 Å². The minimum Gasteiger partial charge on any atom is -0.497 e. The van der Waals surface area contributed by atoms with Crippen LogP contribution < -0.4 is 10.1 Å². The molecule has 1 aliphatic heterocycles. The number of hydrogen-bond acceptors (Lipinski definition) is 4. The van der Waals surface area contributed by atoms with Gasteiger partial charge in [0.25, 0.3) is 5.91 Å². The molecule has 1 N–H and O–H groups in total. The predicted molar refractivity (Wildman–Crippen MR) is 93.7 cm³/mol. The maximum absolute atomic E-state index is 12.7. The molecule has 1 atom stereocenters. The SMILES string of the molecule is COc1cccc(C(=O)Nc2c3c(nn2C(C)(C)C)CS(=O)C3)c1. The van der Waals surface area contributed by atoms with Crippen LogP contribution in [0.5, 0.6) is 5.75 Å². The van der Waals surface area contributed by atoms with Crippen LogP contribution in [-0.4, -0.2) is 27.0 Å². The molecular weight excluding hydrogens is 326 g/mol. The molecule has 0 saturated heterocycles. The Bertz CT molecular complexity index is 821. The van der Waals surface area contributed by atoms with Crippen LogP contribution in [0.2, 0.25) is 0 Å². The van der Waals surface area contributed by atoms with Crippen LogP contribution in [0.4, 0.5) is 5.82 Å². The van der Waals surface area contributed by atoms with E-state index in [1.165, 1.54) is 0 Å². The fourth-order valence-electron chi connectivity index (χ4n) is 2.69. The monoisotopic (exact) mass is 347 g/mol. The number of nitrogens with one attached hydrogen (secondary N) is 1. The third kappa shape index (κ3) is 3.08. The van der Waals surface area contributed by atoms with Gasteiger partial charge in [-0.1, -0.05) is 6.07 Å². The second kappa shape index (κ2) is 6.05. The number of hydrogen-bond donors (Lipinski definition) is 1. The van der Waals surface area contributed by atoms with E-state index in [2.05, 4.69) is 10.4 Å². The van der Waals surface area contributed by atoms with Gasteiger partial charge in [0.1, 0.15) is 11.6 Å². The van der Waals surface area contributed by atoms with Crippen molar-refractivity contribution < 1.29 is 13.7 Å². The molecule has 1 unspecified atom stereocenters. The van der Waals surface area contributed by atoms with Crippen LogP contribution in [-0.2, 0) is 27.8 Å². The smallest absolute Gasteiger partial charge is 0.256 e. The second-order valence-corrected chi connectivity index (χ2v) is 8.23. The van der Waals surface area contributed by atoms with Crippen molar-refractivity contribution in [1.29, 1.82) is 0 Å². The zero-order chi connectivity index (χ0) is 17.5. The highest BCUT2D eigenvalue weighted by molar-refractivity contribution is 7.83. The summed E-state index contributed by atoms with van der Waals surface area (Å²) in [6.07, 6.45) is 0. The van der Waals surface area contributed by atoms with Crippen LogP contribution in [0.1, 0.15) is 42.4 Å². The van der Waals surface area contributed by atoms with E-state index >= 15 is 0 Å². The summed E-state index contributed by atoms with van der Waals surface area (Å²) in [6, 6.07) is 6.98. The van der Waals surface area contributed by atoms with Crippen LogP contribution in [0, 0.1) is 0 Å². The summed E-state index contributed by atoms with van der Waals surface area (Å²) in [4.78, 5) is 12.7. The number of rotatable bonds is 3. The normalized spacial score (nSPS) is 16.8. The Morgan fingerprint density at radius 1 is 1.33 bits per heavy atom. The predicted octanol–water partition coefficient (Wildman–Crippen LogP) is 2.66. The Labute approximate surface area is 143 Å². The van der Waals surface area contributed by atoms with Gasteiger partial charge in [0.15, 0.2) is 0 Å². The molecule has 0 radical (unpaired) electrons. The van der Waals surface area contributed by atoms with E-state index in [4.69, 9.17) is 4.74 Å². The maximum atomic E-state index is 12.7. The third-order valence-corrected chi connectivity index (χ3v) is 5.08. The number of amides is 1. The minimum absolute atomic E-state index is 0.236. The average molecular weight is 347 g/mol. The molecule has 1 aromatic carbocycles. The third-order valence-electron chi connectivity index (χ3n) is 3.87. The van der Waals surface area contributed by atoms with Gasteiger partial charge in [-0.15, -0.1) is 0 Å². The van der Waals surface area contributed by atoms with Gasteiger partial charge in [0, 0.05) is 21.9 Å². The molecule has 2 aromatic rings. The summed E-state index contributed by atoms with van der Waals surface area (Å²) in [5.74, 6) is 1.90. The zero-order valence-corrected chi connectivity index (χ0v) is 15.1. The quantitative estimate of drug-likeness (QED) is 0.926. The first-order valence-corrected chi connectivity index (χ1v) is 9.20. The molecule has 128 valence electrons. The Morgan fingerprint density at radius 2 is 2.08 bits per heavy atom. The lowest BCUT2D eigenvalue weighted by atomic mass is 10.1. The van der Waals surface area contributed by atoms with E-state index in [0.717, 1.165) is 11.3 Å². The summed E-state index contributed by atoms with van der Waals surface area (Å²) in [6.45, 7) is 6.06. The summed E-state index contributed by atoms with van der Waals surface area (Å²) >= 11 is 0. The van der Waals surface area contributed by atoms with E-state index in [-0.39, 0.29) is 11.4 Å². The number of carbonyl (C=O) groups is 1. The summed E-state index contributed by atoms with van der Waals surface area (Å²) in [7, 11) is 0.618. The second-order valence-electron chi connectivity index (χ2n) is 6.77. The van der Waals surface area contributed by atoms with E-state index in [1.54, 1.807) is 31.4 Å². The zero-order valence-electron chi connectivity index (χ0n) is 14.3. The average Bonchev–Trinajstić information content (AvgIpc) is 3.04. The number of anilines is 1. The maximum Gasteiger partial charge on any atom is 0.256 e. The number of carbonyl (C=O) groups excluding carboxylic acids is 1. The fourth-order valence-corrected chi connectivity index (χ4v) is 3.95. The van der Waals surface area contributed by atoms with Crippen molar-refractivity contribution in [3.63, 3.8) is 0 Å². The molecule has 1 aliphatic rings. The first kappa shape index (κ1) is 16.7. The van der Waals surface area contributed by atoms with Gasteiger partial charge < -0.3 is 10.1 Å². The fraction of sp³-hybridized carbons (Fsp3) is 0.412. The highest BCUT2D eigenvalue weighted by Gasteiger charge is 2.31. The lowest BCUT2D eigenvalue weighted by molar-refractivity contribution is 0.102. The largest absolute Gasteiger partial charge is 0.497 e. The first-order chi connectivity index (χ1) is 11.3. The molecule has 0 saturated carbocycles. The van der Waals surface area contributed by atoms with Crippen molar-refractivity contribution in [3.05, 3.63) is 41.1 Å². The van der Waals surface area contributed by atoms with E-state index in [0.29, 0.717) is 28.6 Å². The molecule has 0 bridgehead atoms. The summed E-state index contributed by atoms with van der Waals surface area (Å²) in [5.41, 5.74) is 1.90. The number of aromatic nitrogens is 2. The molecule has 0 spiro atoms. The highest BCUT2D eigenvalue weighted by Crippen LogP contribution is 2.33. The van der Waals surface area contributed by atoms with Gasteiger partial charge in [0.2, 0.25) is 0 Å². The van der Waals surface area contributed by atoms with Crippen molar-refractivity contribution in [1.82, 2.24) is 9.78 Å². The summed E-state index contributed by atoms with van der Waals surface area (Å²) < 4.78 is 18.8. The number of methoxy groups -OCH3 is 1.